The molecule has 2 N–H and O–H groups in total. The van der Waals surface area contributed by atoms with Crippen molar-refractivity contribution in [2.24, 2.45) is 0 Å². The van der Waals surface area contributed by atoms with Gasteiger partial charge in [-0.25, -0.2) is 0 Å². The molecule has 4 nitrogen and oxygen atoms in total. The van der Waals surface area contributed by atoms with Crippen molar-refractivity contribution >= 4 is 19.4 Å². The van der Waals surface area contributed by atoms with Crippen molar-refractivity contribution < 1.29 is 0 Å². The van der Waals surface area contributed by atoms with E-state index < -0.39 is 0 Å². The fraction of sp³-hybridized carbons (Fsp3) is 0.655. The van der Waals surface area contributed by atoms with Gasteiger partial charge in [-0.1, -0.05) is 0 Å². The Kier molecular flexibility index (Phi) is 7.30. The van der Waals surface area contributed by atoms with Crippen LogP contribution in [0.5, 0.6) is 0 Å². The summed E-state index contributed by atoms with van der Waals surface area (Å²) in [5.41, 5.74) is 3.39. The minimum absolute atomic E-state index is 0.0850. The van der Waals surface area contributed by atoms with Crippen molar-refractivity contribution in [2.45, 2.75) is 88.9 Å². The molecule has 1 saturated heterocycles. The molecule has 0 amide bonds. The van der Waals surface area contributed by atoms with Crippen molar-refractivity contribution in [2.75, 3.05) is 32.7 Å². The summed E-state index contributed by atoms with van der Waals surface area (Å²) in [5.74, 6) is 0. The topological polar surface area (TPSA) is 30.5 Å². The molecule has 1 unspecified atom stereocenters. The third-order valence-electron chi connectivity index (χ3n) is 7.47. The summed E-state index contributed by atoms with van der Waals surface area (Å²) in [7, 11) is 0. The van der Waals surface area contributed by atoms with Gasteiger partial charge in [-0.2, -0.15) is 0 Å². The third kappa shape index (κ3) is 6.43. The molecule has 0 bridgehead atoms. The molecule has 3 heterocycles. The summed E-state index contributed by atoms with van der Waals surface area (Å²) in [6, 6.07) is 9.47. The quantitative estimate of drug-likeness (QED) is 0.435. The van der Waals surface area contributed by atoms with E-state index in [9.17, 15) is 0 Å². The Labute approximate surface area is 214 Å². The summed E-state index contributed by atoms with van der Waals surface area (Å²) >= 11 is 0.430. The second-order valence-corrected chi connectivity index (χ2v) is 15.4. The first-order valence-corrected chi connectivity index (χ1v) is 14.8. The van der Waals surface area contributed by atoms with Crippen LogP contribution < -0.4 is 15.1 Å². The van der Waals surface area contributed by atoms with Gasteiger partial charge < -0.3 is 0 Å². The minimum atomic E-state index is 0.0850. The van der Waals surface area contributed by atoms with Gasteiger partial charge in [0.05, 0.1) is 0 Å². The van der Waals surface area contributed by atoms with Crippen molar-refractivity contribution in [1.82, 2.24) is 20.4 Å². The van der Waals surface area contributed by atoms with E-state index in [1.54, 1.807) is 0 Å². The first kappa shape index (κ1) is 26.1. The summed E-state index contributed by atoms with van der Waals surface area (Å²) in [5, 5.41) is 7.57. The van der Waals surface area contributed by atoms with Gasteiger partial charge in [0, 0.05) is 5.54 Å². The summed E-state index contributed by atoms with van der Waals surface area (Å²) in [6.45, 7) is 25.2. The first-order valence-electron chi connectivity index (χ1n) is 12.9. The molecule has 1 fully saturated rings. The molecule has 3 aliphatic heterocycles. The smallest absolute Gasteiger partial charge is 0.300 e. The summed E-state index contributed by atoms with van der Waals surface area (Å²) in [6.07, 6.45) is 7.24. The van der Waals surface area contributed by atoms with E-state index in [1.807, 2.05) is 0 Å². The Balaban J connectivity index is 1.27. The van der Waals surface area contributed by atoms with E-state index in [0.29, 0.717) is 19.8 Å². The molecular formula is C29H46N4Se. The average Bonchev–Trinajstić information content (AvgIpc) is 2.92. The van der Waals surface area contributed by atoms with Crippen LogP contribution in [0.4, 0.5) is 0 Å². The van der Waals surface area contributed by atoms with Crippen molar-refractivity contribution in [3.63, 3.8) is 0 Å². The molecule has 34 heavy (non-hydrogen) atoms. The second kappa shape index (κ2) is 9.50. The zero-order valence-corrected chi connectivity index (χ0v) is 24.4. The van der Waals surface area contributed by atoms with Gasteiger partial charge in [-0.15, -0.1) is 0 Å². The normalized spacial score (nSPS) is 28.1. The van der Waals surface area contributed by atoms with Crippen molar-refractivity contribution in [3.05, 3.63) is 53.6 Å². The van der Waals surface area contributed by atoms with Crippen LogP contribution in [0.2, 0.25) is 4.82 Å². The van der Waals surface area contributed by atoms with Gasteiger partial charge in [-0.05, 0) is 27.7 Å². The molecule has 5 heteroatoms. The number of hydrogen-bond acceptors (Lipinski definition) is 4. The van der Waals surface area contributed by atoms with Crippen molar-refractivity contribution in [3.8, 4) is 0 Å². The first-order chi connectivity index (χ1) is 15.7. The number of hydrogen-bond donors (Lipinski definition) is 2. The Morgan fingerprint density at radius 1 is 0.794 bits per heavy atom. The Morgan fingerprint density at radius 3 is 1.91 bits per heavy atom. The second-order valence-electron chi connectivity index (χ2n) is 12.8. The van der Waals surface area contributed by atoms with E-state index in [4.69, 9.17) is 0 Å². The molecule has 1 aromatic rings. The molecular weight excluding hydrogens is 483 g/mol. The Morgan fingerprint density at radius 2 is 1.38 bits per heavy atom. The van der Waals surface area contributed by atoms with Gasteiger partial charge in [0.1, 0.15) is 0 Å². The van der Waals surface area contributed by atoms with E-state index in [1.165, 1.54) is 15.6 Å². The minimum Gasteiger partial charge on any atom is -0.300 e. The zero-order valence-electron chi connectivity index (χ0n) is 22.7. The van der Waals surface area contributed by atoms with Crippen LogP contribution in [0.3, 0.4) is 0 Å². The van der Waals surface area contributed by atoms with Gasteiger partial charge in [0.25, 0.3) is 0 Å². The molecule has 0 aliphatic carbocycles. The maximum absolute atomic E-state index is 3.81. The van der Waals surface area contributed by atoms with Crippen LogP contribution in [0.25, 0.3) is 0 Å². The predicted molar refractivity (Wildman–Crippen MR) is 147 cm³/mol. The standard InChI is InChI=1S/C29H46N4Se/c1-26(2)14-13-25(29(7,8)30-26)34-24-11-9-22(10-12-24)20-32-15-17-33(18-16-32)21-23-19-27(3,4)31-28(23,5)6/h9-14,19,25,30-31H,15-18,20-21H2,1-8H3. The molecule has 0 radical (unpaired) electrons. The molecule has 4 rings (SSSR count). The molecule has 0 saturated carbocycles. The summed E-state index contributed by atoms with van der Waals surface area (Å²) < 4.78 is 1.49. The molecule has 0 aromatic heterocycles. The van der Waals surface area contributed by atoms with E-state index in [2.05, 4.69) is 118 Å². The van der Waals surface area contributed by atoms with Gasteiger partial charge in [0.15, 0.2) is 0 Å². The van der Waals surface area contributed by atoms with E-state index in [0.717, 1.165) is 39.3 Å². The van der Waals surface area contributed by atoms with E-state index in [-0.39, 0.29) is 22.2 Å². The van der Waals surface area contributed by atoms with Crippen LogP contribution in [0.1, 0.15) is 61.0 Å². The monoisotopic (exact) mass is 530 g/mol. The Bertz CT molecular complexity index is 918. The number of nitrogens with one attached hydrogen (secondary N) is 2. The molecule has 0 spiro atoms. The molecule has 188 valence electrons. The van der Waals surface area contributed by atoms with E-state index >= 15 is 0 Å². The zero-order chi connectivity index (χ0) is 24.8. The number of piperazine rings is 1. The Hall–Kier alpha value is -0.941. The van der Waals surface area contributed by atoms with Crippen LogP contribution >= 0.6 is 0 Å². The fourth-order valence-corrected chi connectivity index (χ4v) is 8.21. The molecule has 3 aliphatic rings. The third-order valence-corrected chi connectivity index (χ3v) is 10.7. The maximum atomic E-state index is 3.81. The number of benzene rings is 1. The van der Waals surface area contributed by atoms with Crippen LogP contribution in [-0.4, -0.2) is 79.6 Å². The number of nitrogens with zero attached hydrogens (tertiary/aromatic N) is 2. The predicted octanol–water partition coefficient (Wildman–Crippen LogP) is 3.73. The van der Waals surface area contributed by atoms with Crippen LogP contribution in [0, 0.1) is 0 Å². The molecule has 1 aromatic carbocycles. The summed E-state index contributed by atoms with van der Waals surface area (Å²) in [4.78, 5) is 5.83. The number of rotatable bonds is 6. The average molecular weight is 530 g/mol. The van der Waals surface area contributed by atoms with Gasteiger partial charge in [0.2, 0.25) is 0 Å². The van der Waals surface area contributed by atoms with Crippen molar-refractivity contribution in [1.29, 1.82) is 0 Å². The van der Waals surface area contributed by atoms with Gasteiger partial charge >= 0.3 is 177 Å². The van der Waals surface area contributed by atoms with Crippen LogP contribution in [-0.2, 0) is 6.54 Å². The SMILES string of the molecule is CC1(C)C=C(CN2CCN(Cc3ccc([Se]C4C=CC(C)(C)NC4(C)C)cc3)CC2)C(C)(C)N1. The van der Waals surface area contributed by atoms with Crippen LogP contribution in [0.15, 0.2) is 48.1 Å². The molecule has 1 atom stereocenters. The fourth-order valence-electron chi connectivity index (χ4n) is 5.90. The van der Waals surface area contributed by atoms with Gasteiger partial charge in [-0.3, -0.25) is 5.32 Å².